The summed E-state index contributed by atoms with van der Waals surface area (Å²) in [5, 5.41) is 0. The molecule has 2 N–H and O–H groups in total. The van der Waals surface area contributed by atoms with Crippen molar-refractivity contribution in [2.45, 2.75) is 19.6 Å². The van der Waals surface area contributed by atoms with Crippen LogP contribution in [0.5, 0.6) is 5.75 Å². The summed E-state index contributed by atoms with van der Waals surface area (Å²) in [6.45, 7) is 1.67. The lowest BCUT2D eigenvalue weighted by molar-refractivity contribution is 0.292. The molecule has 2 aromatic rings. The van der Waals surface area contributed by atoms with E-state index in [0.717, 1.165) is 5.56 Å². The van der Waals surface area contributed by atoms with Crippen molar-refractivity contribution >= 4 is 15.9 Å². The van der Waals surface area contributed by atoms with Gasteiger partial charge in [-0.3, -0.25) is 0 Å². The van der Waals surface area contributed by atoms with Gasteiger partial charge in [0.1, 0.15) is 24.0 Å². The first-order chi connectivity index (χ1) is 9.49. The van der Waals surface area contributed by atoms with Crippen LogP contribution in [0.1, 0.15) is 24.1 Å². The molecule has 2 nitrogen and oxygen atoms in total. The Labute approximate surface area is 124 Å². The predicted octanol–water partition coefficient (Wildman–Crippen LogP) is 4.33. The lowest BCUT2D eigenvalue weighted by atomic mass is 10.1. The van der Waals surface area contributed by atoms with Crippen LogP contribution in [0.15, 0.2) is 40.9 Å². The van der Waals surface area contributed by atoms with E-state index < -0.39 is 11.6 Å². The van der Waals surface area contributed by atoms with E-state index >= 15 is 0 Å². The molecule has 0 heterocycles. The molecule has 0 amide bonds. The Morgan fingerprint density at radius 2 is 2.00 bits per heavy atom. The molecule has 0 radical (unpaired) electrons. The fourth-order valence-electron chi connectivity index (χ4n) is 1.74. The number of rotatable bonds is 4. The summed E-state index contributed by atoms with van der Waals surface area (Å²) in [5.41, 5.74) is 6.57. The maximum atomic E-state index is 13.8. The molecule has 0 saturated heterocycles. The Hall–Kier alpha value is -1.46. The summed E-state index contributed by atoms with van der Waals surface area (Å²) < 4.78 is 33.0. The molecule has 0 spiro atoms. The van der Waals surface area contributed by atoms with Gasteiger partial charge in [0.05, 0.1) is 10.0 Å². The Balaban J connectivity index is 2.17. The summed E-state index contributed by atoms with van der Waals surface area (Å²) in [5.74, 6) is -0.749. The molecule has 0 aromatic heterocycles. The van der Waals surface area contributed by atoms with Gasteiger partial charge < -0.3 is 10.5 Å². The van der Waals surface area contributed by atoms with Gasteiger partial charge in [0.15, 0.2) is 0 Å². The molecule has 0 bridgehead atoms. The van der Waals surface area contributed by atoms with E-state index in [1.807, 2.05) is 13.0 Å². The smallest absolute Gasteiger partial charge is 0.146 e. The second kappa shape index (κ2) is 6.33. The van der Waals surface area contributed by atoms with Crippen LogP contribution >= 0.6 is 15.9 Å². The van der Waals surface area contributed by atoms with Crippen LogP contribution in [0.2, 0.25) is 0 Å². The van der Waals surface area contributed by atoms with Gasteiger partial charge in [-0.2, -0.15) is 0 Å². The van der Waals surface area contributed by atoms with Crippen LogP contribution in [0.3, 0.4) is 0 Å². The van der Waals surface area contributed by atoms with Gasteiger partial charge in [-0.05, 0) is 52.7 Å². The van der Waals surface area contributed by atoms with Gasteiger partial charge in [-0.25, -0.2) is 8.78 Å². The fourth-order valence-corrected chi connectivity index (χ4v) is 2.12. The zero-order valence-electron chi connectivity index (χ0n) is 10.9. The van der Waals surface area contributed by atoms with Crippen molar-refractivity contribution in [3.8, 4) is 5.75 Å². The SMILES string of the molecule is C[C@H](N)c1cccc(OCc2c(F)ccc(Br)c2F)c1. The second-order valence-corrected chi connectivity index (χ2v) is 5.33. The first-order valence-electron chi connectivity index (χ1n) is 6.09. The van der Waals surface area contributed by atoms with E-state index in [0.29, 0.717) is 5.75 Å². The molecular formula is C15H14BrF2NO. The Kier molecular flexibility index (Phi) is 4.73. The monoisotopic (exact) mass is 341 g/mol. The van der Waals surface area contributed by atoms with E-state index in [1.54, 1.807) is 18.2 Å². The van der Waals surface area contributed by atoms with Gasteiger partial charge in [0.25, 0.3) is 0 Å². The summed E-state index contributed by atoms with van der Waals surface area (Å²) in [4.78, 5) is 0. The number of nitrogens with two attached hydrogens (primary N) is 1. The van der Waals surface area contributed by atoms with Crippen molar-refractivity contribution in [2.75, 3.05) is 0 Å². The Morgan fingerprint density at radius 3 is 2.70 bits per heavy atom. The number of ether oxygens (including phenoxy) is 1. The lowest BCUT2D eigenvalue weighted by Crippen LogP contribution is -2.06. The first kappa shape index (κ1) is 14.9. The van der Waals surface area contributed by atoms with Gasteiger partial charge in [-0.1, -0.05) is 12.1 Å². The standard InChI is InChI=1S/C15H14BrF2NO/c1-9(19)10-3-2-4-11(7-10)20-8-12-14(17)6-5-13(16)15(12)18/h2-7,9H,8,19H2,1H3/t9-/m0/s1. The number of hydrogen-bond donors (Lipinski definition) is 1. The van der Waals surface area contributed by atoms with E-state index in [2.05, 4.69) is 15.9 Å². The van der Waals surface area contributed by atoms with Crippen LogP contribution in [0, 0.1) is 11.6 Å². The van der Waals surface area contributed by atoms with Crippen LogP contribution < -0.4 is 10.5 Å². The molecule has 0 saturated carbocycles. The van der Waals surface area contributed by atoms with Crippen LogP contribution in [0.4, 0.5) is 8.78 Å². The molecule has 1 atom stereocenters. The molecular weight excluding hydrogens is 328 g/mol. The van der Waals surface area contributed by atoms with Crippen molar-refractivity contribution in [3.05, 3.63) is 63.6 Å². The maximum absolute atomic E-state index is 13.8. The number of hydrogen-bond acceptors (Lipinski definition) is 2. The Morgan fingerprint density at radius 1 is 1.25 bits per heavy atom. The summed E-state index contributed by atoms with van der Waals surface area (Å²) in [6, 6.07) is 9.55. The lowest BCUT2D eigenvalue weighted by Gasteiger charge is -2.11. The highest BCUT2D eigenvalue weighted by Gasteiger charge is 2.13. The molecule has 2 aromatic carbocycles. The van der Waals surface area contributed by atoms with Crippen LogP contribution in [-0.2, 0) is 6.61 Å². The molecule has 106 valence electrons. The third kappa shape index (κ3) is 3.35. The van der Waals surface area contributed by atoms with E-state index in [1.165, 1.54) is 12.1 Å². The third-order valence-electron chi connectivity index (χ3n) is 2.91. The average molecular weight is 342 g/mol. The predicted molar refractivity (Wildman–Crippen MR) is 77.4 cm³/mol. The van der Waals surface area contributed by atoms with E-state index in [-0.39, 0.29) is 22.7 Å². The van der Waals surface area contributed by atoms with Gasteiger partial charge >= 0.3 is 0 Å². The molecule has 0 aliphatic rings. The third-order valence-corrected chi connectivity index (χ3v) is 3.52. The van der Waals surface area contributed by atoms with Gasteiger partial charge in [0.2, 0.25) is 0 Å². The molecule has 0 unspecified atom stereocenters. The molecule has 2 rings (SSSR count). The summed E-state index contributed by atoms with van der Waals surface area (Å²) in [7, 11) is 0. The number of halogens is 3. The summed E-state index contributed by atoms with van der Waals surface area (Å²) in [6.07, 6.45) is 0. The molecule has 20 heavy (non-hydrogen) atoms. The second-order valence-electron chi connectivity index (χ2n) is 4.47. The van der Waals surface area contributed by atoms with Gasteiger partial charge in [0, 0.05) is 6.04 Å². The zero-order chi connectivity index (χ0) is 14.7. The molecule has 5 heteroatoms. The minimum atomic E-state index is -0.645. The molecule has 0 aliphatic heterocycles. The largest absolute Gasteiger partial charge is 0.489 e. The normalized spacial score (nSPS) is 12.2. The van der Waals surface area contributed by atoms with Crippen LogP contribution in [-0.4, -0.2) is 0 Å². The summed E-state index contributed by atoms with van der Waals surface area (Å²) >= 11 is 3.02. The van der Waals surface area contributed by atoms with Crippen molar-refractivity contribution in [2.24, 2.45) is 5.73 Å². The van der Waals surface area contributed by atoms with Crippen molar-refractivity contribution in [3.63, 3.8) is 0 Å². The first-order valence-corrected chi connectivity index (χ1v) is 6.89. The number of benzene rings is 2. The van der Waals surface area contributed by atoms with Gasteiger partial charge in [-0.15, -0.1) is 0 Å². The minimum absolute atomic E-state index is 0.106. The molecule has 0 aliphatic carbocycles. The van der Waals surface area contributed by atoms with Crippen LogP contribution in [0.25, 0.3) is 0 Å². The average Bonchev–Trinajstić information content (AvgIpc) is 2.43. The van der Waals surface area contributed by atoms with Crippen molar-refractivity contribution in [1.82, 2.24) is 0 Å². The maximum Gasteiger partial charge on any atom is 0.146 e. The van der Waals surface area contributed by atoms with Crippen molar-refractivity contribution < 1.29 is 13.5 Å². The molecule has 0 fully saturated rings. The highest BCUT2D eigenvalue weighted by molar-refractivity contribution is 9.10. The van der Waals surface area contributed by atoms with E-state index in [4.69, 9.17) is 10.5 Å². The quantitative estimate of drug-likeness (QED) is 0.840. The highest BCUT2D eigenvalue weighted by Crippen LogP contribution is 2.24. The van der Waals surface area contributed by atoms with Crippen molar-refractivity contribution in [1.29, 1.82) is 0 Å². The Bertz CT molecular complexity index is 617. The minimum Gasteiger partial charge on any atom is -0.489 e. The topological polar surface area (TPSA) is 35.2 Å². The highest BCUT2D eigenvalue weighted by atomic mass is 79.9. The fraction of sp³-hybridized carbons (Fsp3) is 0.200. The zero-order valence-corrected chi connectivity index (χ0v) is 12.5. The van der Waals surface area contributed by atoms with E-state index in [9.17, 15) is 8.78 Å².